The summed E-state index contributed by atoms with van der Waals surface area (Å²) in [6, 6.07) is 12.3. The van der Waals surface area contributed by atoms with E-state index in [1.807, 2.05) is 0 Å². The quantitative estimate of drug-likeness (QED) is 0.889. The second kappa shape index (κ2) is 7.03. The lowest BCUT2D eigenvalue weighted by atomic mass is 10.0. The van der Waals surface area contributed by atoms with Crippen molar-refractivity contribution in [3.8, 4) is 0 Å². The summed E-state index contributed by atoms with van der Waals surface area (Å²) in [6.07, 6.45) is -0.219. The second-order valence-electron chi connectivity index (χ2n) is 6.20. The Morgan fingerprint density at radius 1 is 1.16 bits per heavy atom. The molecule has 2 amide bonds. The van der Waals surface area contributed by atoms with Gasteiger partial charge in [0.2, 0.25) is 11.8 Å². The largest absolute Gasteiger partial charge is 0.391 e. The van der Waals surface area contributed by atoms with Gasteiger partial charge < -0.3 is 15.7 Å². The molecule has 25 heavy (non-hydrogen) atoms. The normalized spacial score (nSPS) is 19.8. The third-order valence-corrected chi connectivity index (χ3v) is 4.48. The van der Waals surface area contributed by atoms with E-state index in [1.54, 1.807) is 41.3 Å². The van der Waals surface area contributed by atoms with Crippen LogP contribution in [0.5, 0.6) is 0 Å². The maximum Gasteiger partial charge on any atom is 0.248 e. The van der Waals surface area contributed by atoms with Crippen molar-refractivity contribution in [3.63, 3.8) is 0 Å². The molecule has 2 atom stereocenters. The van der Waals surface area contributed by atoms with Crippen LogP contribution in [0.3, 0.4) is 0 Å². The molecule has 2 aromatic carbocycles. The number of carbonyl (C=O) groups excluding carboxylic acids is 2. The Labute approximate surface area is 144 Å². The topological polar surface area (TPSA) is 83.6 Å². The highest BCUT2D eigenvalue weighted by Crippen LogP contribution is 2.33. The predicted octanol–water partition coefficient (Wildman–Crippen LogP) is 1.80. The van der Waals surface area contributed by atoms with E-state index in [1.165, 1.54) is 12.1 Å². The van der Waals surface area contributed by atoms with Crippen LogP contribution >= 0.6 is 0 Å². The van der Waals surface area contributed by atoms with E-state index in [-0.39, 0.29) is 30.7 Å². The van der Waals surface area contributed by atoms with Crippen molar-refractivity contribution in [2.75, 3.05) is 6.54 Å². The van der Waals surface area contributed by atoms with Crippen molar-refractivity contribution in [2.24, 2.45) is 5.73 Å². The van der Waals surface area contributed by atoms with Crippen molar-refractivity contribution in [1.82, 2.24) is 4.90 Å². The minimum Gasteiger partial charge on any atom is -0.391 e. The van der Waals surface area contributed by atoms with E-state index in [0.29, 0.717) is 17.5 Å². The van der Waals surface area contributed by atoms with Crippen LogP contribution < -0.4 is 5.73 Å². The molecular weight excluding hydrogens is 323 g/mol. The number of aliphatic hydroxyl groups is 1. The number of benzene rings is 2. The zero-order valence-corrected chi connectivity index (χ0v) is 13.6. The van der Waals surface area contributed by atoms with Crippen LogP contribution in [-0.2, 0) is 11.2 Å². The third kappa shape index (κ3) is 3.69. The smallest absolute Gasteiger partial charge is 0.248 e. The Morgan fingerprint density at radius 2 is 1.84 bits per heavy atom. The Bertz CT molecular complexity index is 792. The lowest BCUT2D eigenvalue weighted by Crippen LogP contribution is -2.33. The van der Waals surface area contributed by atoms with Crippen molar-refractivity contribution >= 4 is 11.8 Å². The van der Waals surface area contributed by atoms with Crippen molar-refractivity contribution in [1.29, 1.82) is 0 Å². The molecule has 0 saturated carbocycles. The summed E-state index contributed by atoms with van der Waals surface area (Å²) in [4.78, 5) is 25.9. The van der Waals surface area contributed by atoms with E-state index in [0.717, 1.165) is 5.56 Å². The molecule has 130 valence electrons. The van der Waals surface area contributed by atoms with Gasteiger partial charge in [0.25, 0.3) is 0 Å². The highest BCUT2D eigenvalue weighted by molar-refractivity contribution is 5.95. The summed E-state index contributed by atoms with van der Waals surface area (Å²) in [6.45, 7) is 0.208. The molecule has 1 aliphatic heterocycles. The number of rotatable bonds is 4. The molecule has 3 N–H and O–H groups in total. The fourth-order valence-electron chi connectivity index (χ4n) is 3.27. The number of β-amino-alcohol motifs (C(OH)–C–C–N with tert-alkyl or cyclic N) is 1. The molecule has 0 aliphatic carbocycles. The summed E-state index contributed by atoms with van der Waals surface area (Å²) in [5, 5.41) is 10.0. The Balaban J connectivity index is 1.83. The monoisotopic (exact) mass is 342 g/mol. The molecule has 1 fully saturated rings. The van der Waals surface area contributed by atoms with Crippen LogP contribution in [0.15, 0.2) is 48.5 Å². The molecule has 0 spiro atoms. The Morgan fingerprint density at radius 3 is 2.52 bits per heavy atom. The van der Waals surface area contributed by atoms with Gasteiger partial charge in [-0.3, -0.25) is 9.59 Å². The molecule has 2 aromatic rings. The Kier molecular flexibility index (Phi) is 4.81. The number of halogens is 1. The molecule has 0 bridgehead atoms. The van der Waals surface area contributed by atoms with Gasteiger partial charge in [-0.05, 0) is 35.7 Å². The number of primary amides is 1. The number of aliphatic hydroxyl groups excluding tert-OH is 1. The molecule has 5 nitrogen and oxygen atoms in total. The average molecular weight is 342 g/mol. The maximum atomic E-state index is 13.1. The molecule has 1 heterocycles. The molecule has 0 aromatic heterocycles. The molecule has 1 saturated heterocycles. The lowest BCUT2D eigenvalue weighted by molar-refractivity contribution is -0.131. The maximum absolute atomic E-state index is 13.1. The zero-order chi connectivity index (χ0) is 18.0. The van der Waals surface area contributed by atoms with Crippen LogP contribution in [0.4, 0.5) is 4.39 Å². The number of nitrogens with zero attached hydrogens (tertiary/aromatic N) is 1. The zero-order valence-electron chi connectivity index (χ0n) is 13.6. The number of likely N-dealkylation sites (tertiary alicyclic amines) is 1. The van der Waals surface area contributed by atoms with Gasteiger partial charge in [-0.2, -0.15) is 0 Å². The lowest BCUT2D eigenvalue weighted by Gasteiger charge is -2.25. The number of hydrogen-bond acceptors (Lipinski definition) is 3. The van der Waals surface area contributed by atoms with E-state index in [9.17, 15) is 19.1 Å². The third-order valence-electron chi connectivity index (χ3n) is 4.48. The first-order valence-corrected chi connectivity index (χ1v) is 8.06. The van der Waals surface area contributed by atoms with Gasteiger partial charge >= 0.3 is 0 Å². The highest BCUT2D eigenvalue weighted by Gasteiger charge is 2.35. The van der Waals surface area contributed by atoms with Gasteiger partial charge in [0, 0.05) is 12.1 Å². The van der Waals surface area contributed by atoms with Crippen molar-refractivity contribution in [3.05, 3.63) is 71.0 Å². The van der Waals surface area contributed by atoms with Crippen LogP contribution in [0.25, 0.3) is 0 Å². The first-order valence-electron chi connectivity index (χ1n) is 8.06. The first-order chi connectivity index (χ1) is 12.0. The van der Waals surface area contributed by atoms with Crippen molar-refractivity contribution < 1.29 is 19.1 Å². The fourth-order valence-corrected chi connectivity index (χ4v) is 3.27. The first kappa shape index (κ1) is 17.1. The summed E-state index contributed by atoms with van der Waals surface area (Å²) in [5.74, 6) is -1.14. The highest BCUT2D eigenvalue weighted by atomic mass is 19.1. The minimum atomic E-state index is -0.634. The minimum absolute atomic E-state index is 0.0174. The molecule has 0 unspecified atom stereocenters. The fraction of sp³-hybridized carbons (Fsp3) is 0.263. The van der Waals surface area contributed by atoms with Gasteiger partial charge in [-0.1, -0.05) is 30.3 Å². The van der Waals surface area contributed by atoms with Gasteiger partial charge in [0.05, 0.1) is 18.6 Å². The Hall–Kier alpha value is -2.73. The van der Waals surface area contributed by atoms with E-state index < -0.39 is 12.0 Å². The van der Waals surface area contributed by atoms with E-state index in [2.05, 4.69) is 0 Å². The van der Waals surface area contributed by atoms with Crippen LogP contribution in [0.2, 0.25) is 0 Å². The summed E-state index contributed by atoms with van der Waals surface area (Å²) < 4.78 is 13.1. The summed E-state index contributed by atoms with van der Waals surface area (Å²) in [5.41, 5.74) is 7.00. The standard InChI is InChI=1S/C19H19FN2O3/c20-14-7-5-12(6-8-14)17-10-15(23)11-22(17)18(24)9-13-3-1-2-4-16(13)19(21)25/h1-8,15,17,23H,9-11H2,(H2,21,25)/t15-,17-/m0/s1. The van der Waals surface area contributed by atoms with Crippen LogP contribution in [0.1, 0.15) is 33.9 Å². The summed E-state index contributed by atoms with van der Waals surface area (Å²) in [7, 11) is 0. The van der Waals surface area contributed by atoms with Crippen LogP contribution in [-0.4, -0.2) is 34.5 Å². The SMILES string of the molecule is NC(=O)c1ccccc1CC(=O)N1C[C@@H](O)C[C@H]1c1ccc(F)cc1. The van der Waals surface area contributed by atoms with Gasteiger partial charge in [-0.25, -0.2) is 4.39 Å². The average Bonchev–Trinajstić information content (AvgIpc) is 2.98. The number of carbonyl (C=O) groups is 2. The van der Waals surface area contributed by atoms with Gasteiger partial charge in [0.1, 0.15) is 5.82 Å². The molecule has 3 rings (SSSR count). The van der Waals surface area contributed by atoms with E-state index >= 15 is 0 Å². The van der Waals surface area contributed by atoms with Crippen molar-refractivity contribution in [2.45, 2.75) is 25.0 Å². The molecular formula is C19H19FN2O3. The predicted molar refractivity (Wildman–Crippen MR) is 90.1 cm³/mol. The van der Waals surface area contributed by atoms with Gasteiger partial charge in [0.15, 0.2) is 0 Å². The number of hydrogen-bond donors (Lipinski definition) is 2. The molecule has 1 aliphatic rings. The van der Waals surface area contributed by atoms with Crippen LogP contribution in [0, 0.1) is 5.82 Å². The second-order valence-corrected chi connectivity index (χ2v) is 6.20. The molecule has 0 radical (unpaired) electrons. The number of nitrogens with two attached hydrogens (primary N) is 1. The summed E-state index contributed by atoms with van der Waals surface area (Å²) >= 11 is 0. The molecule has 6 heteroatoms. The van der Waals surface area contributed by atoms with E-state index in [4.69, 9.17) is 5.73 Å². The number of amides is 2. The van der Waals surface area contributed by atoms with Gasteiger partial charge in [-0.15, -0.1) is 0 Å².